The van der Waals surface area contributed by atoms with Crippen molar-refractivity contribution in [2.75, 3.05) is 0 Å². The quantitative estimate of drug-likeness (QED) is 0.184. The van der Waals surface area contributed by atoms with Crippen molar-refractivity contribution in [1.29, 1.82) is 0 Å². The van der Waals surface area contributed by atoms with Crippen LogP contribution in [0.4, 0.5) is 0 Å². The zero-order valence-corrected chi connectivity index (χ0v) is 27.8. The average molecular weight is 660 g/mol. The van der Waals surface area contributed by atoms with Gasteiger partial charge in [0.05, 0.1) is 0 Å². The second-order valence-corrected chi connectivity index (χ2v) is 13.8. The number of hydrogen-bond acceptors (Lipinski definition) is 5. The highest BCUT2D eigenvalue weighted by molar-refractivity contribution is 8.03. The van der Waals surface area contributed by atoms with Gasteiger partial charge in [-0.3, -0.25) is 0 Å². The smallest absolute Gasteiger partial charge is 0.164 e. The molecular weight excluding hydrogens is 631 g/mol. The Morgan fingerprint density at radius 3 is 1.94 bits per heavy atom. The molecule has 1 atom stereocenters. The molecule has 8 aromatic rings. The molecule has 3 heterocycles. The van der Waals surface area contributed by atoms with Crippen LogP contribution in [0, 0.1) is 0 Å². The number of fused-ring (bicyclic) bond motifs is 6. The van der Waals surface area contributed by atoms with E-state index in [0.717, 1.165) is 50.6 Å². The molecule has 0 saturated heterocycles. The zero-order chi connectivity index (χ0) is 33.0. The van der Waals surface area contributed by atoms with Crippen molar-refractivity contribution in [3.8, 4) is 45.3 Å². The summed E-state index contributed by atoms with van der Waals surface area (Å²) in [5, 5.41) is 2.15. The first-order valence-electron chi connectivity index (χ1n) is 16.9. The number of benzene rings is 6. The Labute approximate surface area is 293 Å². The van der Waals surface area contributed by atoms with Gasteiger partial charge in [-0.05, 0) is 46.9 Å². The molecule has 1 aliphatic heterocycles. The highest BCUT2D eigenvalue weighted by Gasteiger charge is 2.32. The first-order valence-corrected chi connectivity index (χ1v) is 17.7. The molecule has 6 aromatic carbocycles. The van der Waals surface area contributed by atoms with Crippen LogP contribution in [0.15, 0.2) is 172 Å². The number of aromatic nitrogens is 3. The largest absolute Gasteiger partial charge is 0.455 e. The van der Waals surface area contributed by atoms with E-state index in [-0.39, 0.29) is 0 Å². The molecule has 0 spiro atoms. The first kappa shape index (κ1) is 28.9. The molecule has 2 aromatic heterocycles. The van der Waals surface area contributed by atoms with Crippen LogP contribution in [-0.4, -0.2) is 15.0 Å². The molecular formula is C45H29N3OS. The van der Waals surface area contributed by atoms with Gasteiger partial charge in [0.1, 0.15) is 11.2 Å². The summed E-state index contributed by atoms with van der Waals surface area (Å²) in [4.78, 5) is 17.6. The van der Waals surface area contributed by atoms with Crippen LogP contribution in [-0.2, 0) is 0 Å². The number of hydrogen-bond donors (Lipinski definition) is 0. The summed E-state index contributed by atoms with van der Waals surface area (Å²) >= 11 is 1.92. The van der Waals surface area contributed by atoms with Gasteiger partial charge in [-0.1, -0.05) is 151 Å². The van der Waals surface area contributed by atoms with Crippen molar-refractivity contribution in [3.63, 3.8) is 0 Å². The summed E-state index contributed by atoms with van der Waals surface area (Å²) < 4.78 is 6.80. The maximum atomic E-state index is 6.80. The number of allylic oxidation sites excluding steroid dienone is 4. The van der Waals surface area contributed by atoms with Crippen LogP contribution in [0.3, 0.4) is 0 Å². The van der Waals surface area contributed by atoms with Crippen LogP contribution < -0.4 is 0 Å². The molecule has 1 aliphatic carbocycles. The summed E-state index contributed by atoms with van der Waals surface area (Å²) in [6.45, 7) is 0. The van der Waals surface area contributed by atoms with Gasteiger partial charge in [0.15, 0.2) is 17.5 Å². The van der Waals surface area contributed by atoms with E-state index in [2.05, 4.69) is 97.1 Å². The van der Waals surface area contributed by atoms with Crippen molar-refractivity contribution in [2.24, 2.45) is 0 Å². The standard InChI is InChI=1S/C45H29N3OS/c1-3-13-28(14-4-1)43-46-44(29-15-5-2-6-16-29)48-45(47-43)30-25-26-33-36-21-11-20-35(41(36)49-39(33)27-30)31-17-7-8-18-32(31)37-22-12-23-38-34-19-9-10-24-40(34)50-42(37)38/h1-22,24-27,38H,23H2. The molecule has 0 saturated carbocycles. The Morgan fingerprint density at radius 1 is 0.540 bits per heavy atom. The highest BCUT2D eigenvalue weighted by Crippen LogP contribution is 2.55. The van der Waals surface area contributed by atoms with E-state index in [1.54, 1.807) is 0 Å². The molecule has 236 valence electrons. The Balaban J connectivity index is 1.11. The molecule has 5 heteroatoms. The molecule has 0 N–H and O–H groups in total. The second-order valence-electron chi connectivity index (χ2n) is 12.7. The summed E-state index contributed by atoms with van der Waals surface area (Å²) in [5.74, 6) is 2.28. The predicted molar refractivity (Wildman–Crippen MR) is 205 cm³/mol. The molecule has 4 nitrogen and oxygen atoms in total. The molecule has 10 rings (SSSR count). The van der Waals surface area contributed by atoms with Crippen LogP contribution in [0.25, 0.3) is 72.8 Å². The van der Waals surface area contributed by atoms with Gasteiger partial charge in [0.2, 0.25) is 0 Å². The van der Waals surface area contributed by atoms with Gasteiger partial charge < -0.3 is 4.42 Å². The second kappa shape index (κ2) is 11.8. The fourth-order valence-corrected chi connectivity index (χ4v) is 8.70. The summed E-state index contributed by atoms with van der Waals surface area (Å²) in [7, 11) is 0. The maximum absolute atomic E-state index is 6.80. The van der Waals surface area contributed by atoms with Crippen LogP contribution in [0.5, 0.6) is 0 Å². The molecule has 50 heavy (non-hydrogen) atoms. The maximum Gasteiger partial charge on any atom is 0.164 e. The predicted octanol–water partition coefficient (Wildman–Crippen LogP) is 12.0. The third kappa shape index (κ3) is 4.81. The van der Waals surface area contributed by atoms with Crippen LogP contribution in [0.2, 0.25) is 0 Å². The molecule has 0 bridgehead atoms. The monoisotopic (exact) mass is 659 g/mol. The number of rotatable bonds is 5. The van der Waals surface area contributed by atoms with Gasteiger partial charge in [-0.25, -0.2) is 15.0 Å². The topological polar surface area (TPSA) is 51.8 Å². The van der Waals surface area contributed by atoms with E-state index in [0.29, 0.717) is 23.4 Å². The molecule has 1 unspecified atom stereocenters. The van der Waals surface area contributed by atoms with E-state index in [1.807, 2.05) is 72.4 Å². The van der Waals surface area contributed by atoms with Gasteiger partial charge >= 0.3 is 0 Å². The minimum Gasteiger partial charge on any atom is -0.455 e. The third-order valence-corrected chi connectivity index (χ3v) is 11.0. The number of thioether (sulfide) groups is 1. The van der Waals surface area contributed by atoms with Crippen molar-refractivity contribution in [1.82, 2.24) is 15.0 Å². The van der Waals surface area contributed by atoms with E-state index < -0.39 is 0 Å². The minimum absolute atomic E-state index is 0.407. The van der Waals surface area contributed by atoms with Crippen molar-refractivity contribution < 1.29 is 4.42 Å². The fourth-order valence-electron chi connectivity index (χ4n) is 7.34. The molecule has 0 fully saturated rings. The Bertz CT molecular complexity index is 2600. The lowest BCUT2D eigenvalue weighted by molar-refractivity contribution is 0.670. The highest BCUT2D eigenvalue weighted by atomic mass is 32.2. The number of nitrogens with zero attached hydrogens (tertiary/aromatic N) is 3. The van der Waals surface area contributed by atoms with Gasteiger partial charge in [0, 0.05) is 48.7 Å². The minimum atomic E-state index is 0.407. The fraction of sp³-hybridized carbons (Fsp3) is 0.0444. The Hall–Kier alpha value is -6.04. The van der Waals surface area contributed by atoms with Crippen molar-refractivity contribution in [3.05, 3.63) is 174 Å². The lowest BCUT2D eigenvalue weighted by Crippen LogP contribution is -2.01. The summed E-state index contributed by atoms with van der Waals surface area (Å²) in [5.41, 5.74) is 10.6. The Morgan fingerprint density at radius 2 is 1.18 bits per heavy atom. The first-order chi connectivity index (χ1) is 24.8. The normalized spacial score (nSPS) is 15.1. The lowest BCUT2D eigenvalue weighted by Gasteiger charge is -2.21. The summed E-state index contributed by atoms with van der Waals surface area (Å²) in [6.07, 6.45) is 5.68. The third-order valence-electron chi connectivity index (χ3n) is 9.72. The lowest BCUT2D eigenvalue weighted by atomic mass is 9.85. The van der Waals surface area contributed by atoms with E-state index in [1.165, 1.54) is 32.1 Å². The zero-order valence-electron chi connectivity index (χ0n) is 27.0. The number of furan rings is 1. The molecule has 0 amide bonds. The van der Waals surface area contributed by atoms with Gasteiger partial charge in [0.25, 0.3) is 0 Å². The average Bonchev–Trinajstić information content (AvgIpc) is 3.77. The van der Waals surface area contributed by atoms with Crippen LogP contribution >= 0.6 is 11.8 Å². The van der Waals surface area contributed by atoms with Gasteiger partial charge in [-0.2, -0.15) is 0 Å². The van der Waals surface area contributed by atoms with Crippen molar-refractivity contribution >= 4 is 39.3 Å². The SMILES string of the molecule is C1=CC(c2ccccc2-c2cccc3c2oc2cc(-c4nc(-c5ccccc5)nc(-c5ccccc5)n4)ccc23)=C2Sc3ccccc3C2C1. The summed E-state index contributed by atoms with van der Waals surface area (Å²) in [6, 6.07) is 50.5. The van der Waals surface area contributed by atoms with Crippen molar-refractivity contribution in [2.45, 2.75) is 17.2 Å². The van der Waals surface area contributed by atoms with Crippen LogP contribution in [0.1, 0.15) is 23.5 Å². The molecule has 0 radical (unpaired) electrons. The Kier molecular flexibility index (Phi) is 6.84. The van der Waals surface area contributed by atoms with E-state index in [4.69, 9.17) is 19.4 Å². The van der Waals surface area contributed by atoms with Gasteiger partial charge in [-0.15, -0.1) is 0 Å². The van der Waals surface area contributed by atoms with E-state index in [9.17, 15) is 0 Å². The molecule has 2 aliphatic rings. The van der Waals surface area contributed by atoms with E-state index >= 15 is 0 Å². The number of para-hydroxylation sites is 1.